The summed E-state index contributed by atoms with van der Waals surface area (Å²) in [5, 5.41) is 7.03. The van der Waals surface area contributed by atoms with Gasteiger partial charge in [-0.2, -0.15) is 11.3 Å². The van der Waals surface area contributed by atoms with E-state index < -0.39 is 0 Å². The van der Waals surface area contributed by atoms with Gasteiger partial charge in [0.25, 0.3) is 0 Å². The molecule has 3 heterocycles. The quantitative estimate of drug-likeness (QED) is 0.845. The van der Waals surface area contributed by atoms with Gasteiger partial charge in [0.2, 0.25) is 11.8 Å². The molecule has 2 aromatic heterocycles. The number of aryl methyl sites for hydroxylation is 1. The van der Waals surface area contributed by atoms with E-state index in [9.17, 15) is 9.59 Å². The van der Waals surface area contributed by atoms with Crippen LogP contribution in [0.1, 0.15) is 47.2 Å². The van der Waals surface area contributed by atoms with Crippen molar-refractivity contribution in [2.75, 3.05) is 6.54 Å². The molecule has 0 fully saturated rings. The largest absolute Gasteiger partial charge is 0.352 e. The Morgan fingerprint density at radius 3 is 2.96 bits per heavy atom. The number of carbonyl (C=O) groups excluding carboxylic acids is 2. The molecule has 2 aromatic rings. The fraction of sp³-hybridized carbons (Fsp3) is 0.409. The molecule has 1 aliphatic heterocycles. The Balaban J connectivity index is 1.44. The first kappa shape index (κ1) is 18.9. The molecular weight excluding hydrogens is 370 g/mol. The van der Waals surface area contributed by atoms with Crippen LogP contribution < -0.4 is 5.32 Å². The molecule has 0 unspecified atom stereocenters. The number of amides is 2. The predicted molar refractivity (Wildman–Crippen MR) is 110 cm³/mol. The number of rotatable bonds is 5. The Bertz CT molecular complexity index is 918. The van der Waals surface area contributed by atoms with Crippen molar-refractivity contribution in [1.82, 2.24) is 15.2 Å². The molecule has 0 radical (unpaired) electrons. The Kier molecular flexibility index (Phi) is 5.57. The third-order valence-electron chi connectivity index (χ3n) is 5.61. The molecule has 1 N–H and O–H groups in total. The molecule has 0 saturated heterocycles. The molecule has 0 saturated carbocycles. The molecule has 28 heavy (non-hydrogen) atoms. The van der Waals surface area contributed by atoms with Gasteiger partial charge in [-0.1, -0.05) is 6.08 Å². The first-order valence-corrected chi connectivity index (χ1v) is 10.8. The smallest absolute Gasteiger partial charge is 0.249 e. The maximum absolute atomic E-state index is 12.7. The van der Waals surface area contributed by atoms with Crippen molar-refractivity contribution < 1.29 is 9.59 Å². The van der Waals surface area contributed by atoms with Crippen molar-refractivity contribution in [1.29, 1.82) is 0 Å². The summed E-state index contributed by atoms with van der Waals surface area (Å²) in [6, 6.07) is 1.98. The lowest BCUT2D eigenvalue weighted by molar-refractivity contribution is -0.128. The minimum absolute atomic E-state index is 0.0242. The number of aromatic nitrogens is 1. The summed E-state index contributed by atoms with van der Waals surface area (Å²) in [6.07, 6.45) is 8.19. The molecule has 0 bridgehead atoms. The van der Waals surface area contributed by atoms with Crippen molar-refractivity contribution in [3.05, 3.63) is 62.6 Å². The van der Waals surface area contributed by atoms with E-state index in [1.54, 1.807) is 11.3 Å². The summed E-state index contributed by atoms with van der Waals surface area (Å²) in [6.45, 7) is 3.81. The molecule has 5 nitrogen and oxygen atoms in total. The Labute approximate surface area is 169 Å². The SMILES string of the molecule is Cc1ncc2c(c1CNC(=O)Cc1ccsc1)CCN(C(=O)C1=CCCC1)C2. The normalized spacial score (nSPS) is 15.9. The zero-order valence-corrected chi connectivity index (χ0v) is 17.0. The Hall–Kier alpha value is -2.47. The third kappa shape index (κ3) is 4.02. The van der Waals surface area contributed by atoms with Crippen LogP contribution in [-0.4, -0.2) is 28.2 Å². The molecule has 6 heteroatoms. The fourth-order valence-electron chi connectivity index (χ4n) is 4.03. The van der Waals surface area contributed by atoms with E-state index in [0.717, 1.165) is 60.2 Å². The monoisotopic (exact) mass is 395 g/mol. The van der Waals surface area contributed by atoms with Gasteiger partial charge in [0.15, 0.2) is 0 Å². The summed E-state index contributed by atoms with van der Waals surface area (Å²) >= 11 is 1.60. The summed E-state index contributed by atoms with van der Waals surface area (Å²) in [5.74, 6) is 0.200. The van der Waals surface area contributed by atoms with Gasteiger partial charge in [-0.15, -0.1) is 0 Å². The van der Waals surface area contributed by atoms with Gasteiger partial charge in [0, 0.05) is 37.1 Å². The number of nitrogens with zero attached hydrogens (tertiary/aromatic N) is 2. The Morgan fingerprint density at radius 1 is 1.32 bits per heavy atom. The van der Waals surface area contributed by atoms with Crippen LogP contribution in [-0.2, 0) is 35.5 Å². The van der Waals surface area contributed by atoms with E-state index in [1.165, 1.54) is 5.56 Å². The zero-order valence-electron chi connectivity index (χ0n) is 16.2. The lowest BCUT2D eigenvalue weighted by atomic mass is 9.94. The van der Waals surface area contributed by atoms with Crippen molar-refractivity contribution in [2.45, 2.75) is 52.1 Å². The number of carbonyl (C=O) groups is 2. The number of allylic oxidation sites excluding steroid dienone is 1. The molecule has 0 atom stereocenters. The first-order chi connectivity index (χ1) is 13.6. The van der Waals surface area contributed by atoms with Gasteiger partial charge in [0.1, 0.15) is 0 Å². The molecule has 0 aromatic carbocycles. The van der Waals surface area contributed by atoms with Gasteiger partial charge in [-0.05, 0) is 71.7 Å². The number of thiophene rings is 1. The number of hydrogen-bond acceptors (Lipinski definition) is 4. The van der Waals surface area contributed by atoms with Crippen LogP contribution in [0.2, 0.25) is 0 Å². The molecular formula is C22H25N3O2S. The second kappa shape index (κ2) is 8.27. The number of pyridine rings is 1. The lowest BCUT2D eigenvalue weighted by Crippen LogP contribution is -2.37. The zero-order chi connectivity index (χ0) is 19.5. The van der Waals surface area contributed by atoms with E-state index in [-0.39, 0.29) is 11.8 Å². The van der Waals surface area contributed by atoms with Crippen molar-refractivity contribution in [3.8, 4) is 0 Å². The van der Waals surface area contributed by atoms with Gasteiger partial charge < -0.3 is 10.2 Å². The van der Waals surface area contributed by atoms with Crippen LogP contribution in [0.15, 0.2) is 34.7 Å². The minimum atomic E-state index is 0.0242. The van der Waals surface area contributed by atoms with Gasteiger partial charge in [-0.25, -0.2) is 0 Å². The highest BCUT2D eigenvalue weighted by Crippen LogP contribution is 2.27. The molecule has 1 aliphatic carbocycles. The standard InChI is InChI=1S/C22H25N3O2S/c1-15-20(12-24-21(26)10-16-7-9-28-14-16)19-6-8-25(13-18(19)11-23-15)22(27)17-4-2-3-5-17/h4,7,9,11,14H,2-3,5-6,8,10,12-13H2,1H3,(H,24,26). The van der Waals surface area contributed by atoms with Gasteiger partial charge in [-0.3, -0.25) is 14.6 Å². The molecule has 4 rings (SSSR count). The van der Waals surface area contributed by atoms with Crippen molar-refractivity contribution in [3.63, 3.8) is 0 Å². The summed E-state index contributed by atoms with van der Waals surface area (Å²) in [7, 11) is 0. The third-order valence-corrected chi connectivity index (χ3v) is 6.34. The Morgan fingerprint density at radius 2 is 2.21 bits per heavy atom. The highest BCUT2D eigenvalue weighted by Gasteiger charge is 2.26. The number of fused-ring (bicyclic) bond motifs is 1. The number of nitrogens with one attached hydrogen (secondary N) is 1. The van der Waals surface area contributed by atoms with Crippen LogP contribution in [0.3, 0.4) is 0 Å². The summed E-state index contributed by atoms with van der Waals surface area (Å²) in [4.78, 5) is 31.5. The van der Waals surface area contributed by atoms with Gasteiger partial charge >= 0.3 is 0 Å². The minimum Gasteiger partial charge on any atom is -0.352 e. The lowest BCUT2D eigenvalue weighted by Gasteiger charge is -2.31. The summed E-state index contributed by atoms with van der Waals surface area (Å²) in [5.41, 5.74) is 6.40. The summed E-state index contributed by atoms with van der Waals surface area (Å²) < 4.78 is 0. The van der Waals surface area contributed by atoms with Gasteiger partial charge in [0.05, 0.1) is 6.42 Å². The van der Waals surface area contributed by atoms with Crippen LogP contribution in [0.25, 0.3) is 0 Å². The van der Waals surface area contributed by atoms with Crippen molar-refractivity contribution >= 4 is 23.2 Å². The van der Waals surface area contributed by atoms with E-state index in [0.29, 0.717) is 19.5 Å². The molecule has 2 amide bonds. The average Bonchev–Trinajstić information content (AvgIpc) is 3.40. The van der Waals surface area contributed by atoms with E-state index in [2.05, 4.69) is 16.4 Å². The highest BCUT2D eigenvalue weighted by molar-refractivity contribution is 7.08. The highest BCUT2D eigenvalue weighted by atomic mass is 32.1. The van der Waals surface area contributed by atoms with Crippen LogP contribution in [0, 0.1) is 6.92 Å². The van der Waals surface area contributed by atoms with Crippen molar-refractivity contribution in [2.24, 2.45) is 0 Å². The topological polar surface area (TPSA) is 62.3 Å². The maximum atomic E-state index is 12.7. The van der Waals surface area contributed by atoms with Crippen LogP contribution >= 0.6 is 11.3 Å². The average molecular weight is 396 g/mol. The maximum Gasteiger partial charge on any atom is 0.249 e. The van der Waals surface area contributed by atoms with E-state index in [4.69, 9.17) is 0 Å². The predicted octanol–water partition coefficient (Wildman–Crippen LogP) is 3.31. The molecule has 0 spiro atoms. The van der Waals surface area contributed by atoms with Crippen LogP contribution in [0.4, 0.5) is 0 Å². The second-order valence-electron chi connectivity index (χ2n) is 7.51. The number of hydrogen-bond donors (Lipinski definition) is 1. The first-order valence-electron chi connectivity index (χ1n) is 9.84. The fourth-order valence-corrected chi connectivity index (χ4v) is 4.69. The van der Waals surface area contributed by atoms with E-state index >= 15 is 0 Å². The molecule has 146 valence electrons. The molecule has 2 aliphatic rings. The second-order valence-corrected chi connectivity index (χ2v) is 8.29. The van der Waals surface area contributed by atoms with E-state index in [1.807, 2.05) is 34.8 Å². The van der Waals surface area contributed by atoms with Crippen LogP contribution in [0.5, 0.6) is 0 Å².